The molecular weight excluding hydrogens is 347 g/mol. The number of ether oxygens (including phenoxy) is 1. The van der Waals surface area contributed by atoms with Gasteiger partial charge in [-0.05, 0) is 28.7 Å². The van der Waals surface area contributed by atoms with E-state index >= 15 is 0 Å². The van der Waals surface area contributed by atoms with Gasteiger partial charge in [0.15, 0.2) is 11.6 Å². The molecule has 0 amide bonds. The first-order valence-electron chi connectivity index (χ1n) is 4.57. The summed E-state index contributed by atoms with van der Waals surface area (Å²) in [7, 11) is 1.18. The van der Waals surface area contributed by atoms with Crippen molar-refractivity contribution < 1.29 is 23.4 Å². The van der Waals surface area contributed by atoms with Gasteiger partial charge >= 0.3 is 5.97 Å². The maximum atomic E-state index is 13.8. The van der Waals surface area contributed by atoms with Crippen LogP contribution in [0.4, 0.5) is 8.78 Å². The van der Waals surface area contributed by atoms with E-state index in [4.69, 9.17) is 15.6 Å². The van der Waals surface area contributed by atoms with Crippen molar-refractivity contribution in [1.82, 2.24) is 0 Å². The number of carbonyl (C=O) groups is 1. The zero-order valence-corrected chi connectivity index (χ0v) is 11.0. The van der Waals surface area contributed by atoms with Crippen LogP contribution >= 0.6 is 22.6 Å². The van der Waals surface area contributed by atoms with Crippen LogP contribution in [0.15, 0.2) is 6.07 Å². The number of rotatable bonds is 4. The normalized spacial score (nSPS) is 12.3. The number of carboxylic acids is 1. The van der Waals surface area contributed by atoms with Crippen molar-refractivity contribution in [3.8, 4) is 5.75 Å². The maximum Gasteiger partial charge on any atom is 0.320 e. The highest BCUT2D eigenvalue weighted by molar-refractivity contribution is 14.1. The second kappa shape index (κ2) is 5.58. The molecule has 7 heteroatoms. The first-order chi connectivity index (χ1) is 7.88. The Hall–Kier alpha value is -0.960. The van der Waals surface area contributed by atoms with Gasteiger partial charge < -0.3 is 15.6 Å². The van der Waals surface area contributed by atoms with Crippen molar-refractivity contribution >= 4 is 28.6 Å². The minimum absolute atomic E-state index is 0.0495. The van der Waals surface area contributed by atoms with Gasteiger partial charge in [0.2, 0.25) is 0 Å². The Morgan fingerprint density at radius 3 is 2.71 bits per heavy atom. The highest BCUT2D eigenvalue weighted by atomic mass is 127. The van der Waals surface area contributed by atoms with Gasteiger partial charge in [0.1, 0.15) is 11.9 Å². The molecule has 0 aliphatic rings. The number of nitrogens with two attached hydrogens (primary N) is 1. The SMILES string of the molecule is COc1c(F)cc(I)c(F)c1C[C@@H](N)C(=O)O. The molecule has 0 fully saturated rings. The Balaban J connectivity index is 3.25. The van der Waals surface area contributed by atoms with Gasteiger partial charge in [0.05, 0.1) is 10.7 Å². The molecule has 4 nitrogen and oxygen atoms in total. The number of carboxylic acid groups (broad SMARTS) is 1. The van der Waals surface area contributed by atoms with Crippen molar-refractivity contribution in [3.63, 3.8) is 0 Å². The van der Waals surface area contributed by atoms with Crippen LogP contribution in [-0.2, 0) is 11.2 Å². The monoisotopic (exact) mass is 357 g/mol. The summed E-state index contributed by atoms with van der Waals surface area (Å²) >= 11 is 1.61. The minimum Gasteiger partial charge on any atom is -0.493 e. The summed E-state index contributed by atoms with van der Waals surface area (Å²) in [5.41, 5.74) is 5.13. The number of aliphatic carboxylic acids is 1. The van der Waals surface area contributed by atoms with E-state index in [0.717, 1.165) is 6.07 Å². The average molecular weight is 357 g/mol. The molecule has 0 unspecified atom stereocenters. The number of hydrogen-bond donors (Lipinski definition) is 2. The molecular formula is C10H10F2INO3. The standard InChI is InChI=1S/C10H10F2INO3/c1-17-9-4(2-7(14)10(15)16)8(12)6(13)3-5(9)11/h3,7H,2,14H2,1H3,(H,15,16)/t7-/m1/s1. The predicted molar refractivity (Wildman–Crippen MR) is 64.9 cm³/mol. The van der Waals surface area contributed by atoms with Gasteiger partial charge in [-0.15, -0.1) is 0 Å². The van der Waals surface area contributed by atoms with Gasteiger partial charge in [0, 0.05) is 12.0 Å². The van der Waals surface area contributed by atoms with E-state index in [2.05, 4.69) is 0 Å². The number of benzene rings is 1. The molecule has 17 heavy (non-hydrogen) atoms. The Kier molecular flexibility index (Phi) is 4.63. The third-order valence-corrected chi connectivity index (χ3v) is 2.95. The third kappa shape index (κ3) is 3.03. The summed E-state index contributed by atoms with van der Waals surface area (Å²) in [5, 5.41) is 8.65. The largest absolute Gasteiger partial charge is 0.493 e. The first-order valence-corrected chi connectivity index (χ1v) is 5.65. The van der Waals surface area contributed by atoms with Crippen molar-refractivity contribution in [2.45, 2.75) is 12.5 Å². The predicted octanol–water partition coefficient (Wildman–Crippen LogP) is 1.53. The third-order valence-electron chi connectivity index (χ3n) is 2.16. The molecule has 1 aromatic carbocycles. The quantitative estimate of drug-likeness (QED) is 0.633. The van der Waals surface area contributed by atoms with Crippen molar-refractivity contribution in [2.75, 3.05) is 7.11 Å². The Bertz CT molecular complexity index is 454. The van der Waals surface area contributed by atoms with Crippen LogP contribution in [0, 0.1) is 15.2 Å². The molecule has 0 saturated heterocycles. The highest BCUT2D eigenvalue weighted by Crippen LogP contribution is 2.29. The molecule has 3 N–H and O–H groups in total. The fourth-order valence-electron chi connectivity index (χ4n) is 1.34. The molecule has 0 bridgehead atoms. The van der Waals surface area contributed by atoms with Crippen LogP contribution in [0.1, 0.15) is 5.56 Å². The second-order valence-electron chi connectivity index (χ2n) is 3.31. The van der Waals surface area contributed by atoms with Gasteiger partial charge in [0.25, 0.3) is 0 Å². The summed E-state index contributed by atoms with van der Waals surface area (Å²) in [5.74, 6) is -3.04. The smallest absolute Gasteiger partial charge is 0.320 e. The van der Waals surface area contributed by atoms with Gasteiger partial charge in [-0.25, -0.2) is 8.78 Å². The fourth-order valence-corrected chi connectivity index (χ4v) is 1.94. The van der Waals surface area contributed by atoms with E-state index in [9.17, 15) is 13.6 Å². The Morgan fingerprint density at radius 2 is 2.24 bits per heavy atom. The summed E-state index contributed by atoms with van der Waals surface area (Å²) < 4.78 is 32.0. The molecule has 94 valence electrons. The van der Waals surface area contributed by atoms with E-state index in [1.165, 1.54) is 7.11 Å². The summed E-state index contributed by atoms with van der Waals surface area (Å²) in [6.45, 7) is 0. The summed E-state index contributed by atoms with van der Waals surface area (Å²) in [6.07, 6.45) is -0.335. The summed E-state index contributed by atoms with van der Waals surface area (Å²) in [6, 6.07) is -0.333. The van der Waals surface area contributed by atoms with Crippen LogP contribution in [0.5, 0.6) is 5.75 Å². The molecule has 0 aliphatic heterocycles. The van der Waals surface area contributed by atoms with E-state index in [-0.39, 0.29) is 21.3 Å². The lowest BCUT2D eigenvalue weighted by Crippen LogP contribution is -2.32. The summed E-state index contributed by atoms with van der Waals surface area (Å²) in [4.78, 5) is 10.6. The van der Waals surface area contributed by atoms with Crippen molar-refractivity contribution in [2.24, 2.45) is 5.73 Å². The number of methoxy groups -OCH3 is 1. The lowest BCUT2D eigenvalue weighted by atomic mass is 10.0. The number of hydrogen-bond acceptors (Lipinski definition) is 3. The minimum atomic E-state index is -1.31. The van der Waals surface area contributed by atoms with Crippen molar-refractivity contribution in [3.05, 3.63) is 26.8 Å². The fraction of sp³-hybridized carbons (Fsp3) is 0.300. The van der Waals surface area contributed by atoms with E-state index < -0.39 is 23.6 Å². The van der Waals surface area contributed by atoms with E-state index in [1.807, 2.05) is 0 Å². The molecule has 1 rings (SSSR count). The molecule has 0 aliphatic carbocycles. The molecule has 0 radical (unpaired) electrons. The van der Waals surface area contributed by atoms with E-state index in [0.29, 0.717) is 0 Å². The average Bonchev–Trinajstić information content (AvgIpc) is 2.25. The number of halogens is 3. The van der Waals surface area contributed by atoms with Crippen LogP contribution in [-0.4, -0.2) is 24.2 Å². The second-order valence-corrected chi connectivity index (χ2v) is 4.48. The lowest BCUT2D eigenvalue weighted by Gasteiger charge is -2.13. The molecule has 0 spiro atoms. The molecule has 1 aromatic rings. The van der Waals surface area contributed by atoms with Crippen molar-refractivity contribution in [1.29, 1.82) is 0 Å². The lowest BCUT2D eigenvalue weighted by molar-refractivity contribution is -0.138. The zero-order valence-electron chi connectivity index (χ0n) is 8.84. The first kappa shape index (κ1) is 14.1. The maximum absolute atomic E-state index is 13.8. The molecule has 0 aromatic heterocycles. The van der Waals surface area contributed by atoms with Gasteiger partial charge in [-0.3, -0.25) is 4.79 Å². The van der Waals surface area contributed by atoms with Crippen LogP contribution in [0.3, 0.4) is 0 Å². The van der Waals surface area contributed by atoms with Crippen LogP contribution in [0.2, 0.25) is 0 Å². The van der Waals surface area contributed by atoms with E-state index in [1.54, 1.807) is 22.6 Å². The van der Waals surface area contributed by atoms with Gasteiger partial charge in [-0.2, -0.15) is 0 Å². The van der Waals surface area contributed by atoms with Gasteiger partial charge in [-0.1, -0.05) is 0 Å². The molecule has 0 saturated carbocycles. The zero-order chi connectivity index (χ0) is 13.2. The Morgan fingerprint density at radius 1 is 1.65 bits per heavy atom. The van der Waals surface area contributed by atoms with Crippen LogP contribution < -0.4 is 10.5 Å². The molecule has 1 atom stereocenters. The highest BCUT2D eigenvalue weighted by Gasteiger charge is 2.22. The van der Waals surface area contributed by atoms with Crippen LogP contribution in [0.25, 0.3) is 0 Å². The molecule has 0 heterocycles. The topological polar surface area (TPSA) is 72.5 Å². The Labute approximate surface area is 110 Å².